The Morgan fingerprint density at radius 1 is 0.850 bits per heavy atom. The van der Waals surface area contributed by atoms with Crippen LogP contribution in [0.15, 0.2) is 30.3 Å². The molecule has 0 aromatic heterocycles. The zero-order valence-electron chi connectivity index (χ0n) is 25.2. The molecule has 1 aromatic rings. The van der Waals surface area contributed by atoms with Gasteiger partial charge in [0, 0.05) is 24.1 Å². The van der Waals surface area contributed by atoms with E-state index in [0.29, 0.717) is 24.3 Å². The Kier molecular flexibility index (Phi) is 23.1. The van der Waals surface area contributed by atoms with Gasteiger partial charge in [-0.3, -0.25) is 0 Å². The number of sulfonamides is 1. The minimum absolute atomic E-state index is 0.00993. The Morgan fingerprint density at radius 3 is 1.93 bits per heavy atom. The van der Waals surface area contributed by atoms with Crippen LogP contribution in [0.25, 0.3) is 0 Å². The lowest BCUT2D eigenvalue weighted by Gasteiger charge is -2.26. The first kappa shape index (κ1) is 37.3. The van der Waals surface area contributed by atoms with E-state index >= 15 is 0 Å². The molecule has 0 aliphatic rings. The van der Waals surface area contributed by atoms with Crippen molar-refractivity contribution in [2.45, 2.75) is 123 Å². The molecular formula is C32H56ClNO4S2. The zero-order valence-corrected chi connectivity index (χ0v) is 27.6. The fourth-order valence-electron chi connectivity index (χ4n) is 4.77. The average molecular weight is 618 g/mol. The van der Waals surface area contributed by atoms with Crippen molar-refractivity contribution in [3.8, 4) is 0 Å². The molecule has 0 amide bonds. The molecule has 1 N–H and O–H groups in total. The molecule has 2 unspecified atom stereocenters. The van der Waals surface area contributed by atoms with Crippen LogP contribution in [0.4, 0.5) is 0 Å². The number of ether oxygens (including phenoxy) is 1. The highest BCUT2D eigenvalue weighted by Crippen LogP contribution is 2.21. The lowest BCUT2D eigenvalue weighted by Crippen LogP contribution is -2.39. The summed E-state index contributed by atoms with van der Waals surface area (Å²) in [5.41, 5.74) is 0.512. The molecule has 0 heterocycles. The van der Waals surface area contributed by atoms with Crippen LogP contribution in [0, 0.1) is 5.92 Å². The van der Waals surface area contributed by atoms with Gasteiger partial charge in [0.05, 0.1) is 11.3 Å². The van der Waals surface area contributed by atoms with Gasteiger partial charge in [-0.15, -0.1) is 11.6 Å². The van der Waals surface area contributed by atoms with Gasteiger partial charge in [0.25, 0.3) is 0 Å². The van der Waals surface area contributed by atoms with Gasteiger partial charge in [-0.2, -0.15) is 11.8 Å². The summed E-state index contributed by atoms with van der Waals surface area (Å²) in [7, 11) is -3.41. The summed E-state index contributed by atoms with van der Waals surface area (Å²) in [5, 5.41) is 0. The first-order valence-corrected chi connectivity index (χ1v) is 19.1. The molecule has 0 radical (unpaired) electrons. The summed E-state index contributed by atoms with van der Waals surface area (Å²) >= 11 is 7.52. The lowest BCUT2D eigenvalue weighted by atomic mass is 10.0. The van der Waals surface area contributed by atoms with Gasteiger partial charge in [0.2, 0.25) is 10.0 Å². The van der Waals surface area contributed by atoms with Gasteiger partial charge in [0.1, 0.15) is 6.10 Å². The molecule has 8 heteroatoms. The Morgan fingerprint density at radius 2 is 1.40 bits per heavy atom. The van der Waals surface area contributed by atoms with E-state index in [0.717, 1.165) is 17.9 Å². The van der Waals surface area contributed by atoms with Gasteiger partial charge < -0.3 is 4.74 Å². The highest BCUT2D eigenvalue weighted by atomic mass is 35.5. The summed E-state index contributed by atoms with van der Waals surface area (Å²) in [6.07, 6.45) is 19.5. The Bertz CT molecular complexity index is 839. The fourth-order valence-corrected chi connectivity index (χ4v) is 7.41. The largest absolute Gasteiger partial charge is 0.458 e. The number of unbranched alkanes of at least 4 members (excludes halogenated alkanes) is 13. The number of hydrogen-bond acceptors (Lipinski definition) is 5. The molecule has 0 aliphatic heterocycles. The van der Waals surface area contributed by atoms with Crippen molar-refractivity contribution in [2.75, 3.05) is 29.7 Å². The van der Waals surface area contributed by atoms with Crippen molar-refractivity contribution in [2.24, 2.45) is 5.92 Å². The van der Waals surface area contributed by atoms with Crippen LogP contribution in [-0.2, 0) is 14.8 Å². The number of thioether (sulfide) groups is 1. The molecule has 40 heavy (non-hydrogen) atoms. The van der Waals surface area contributed by atoms with E-state index in [1.165, 1.54) is 83.5 Å². The Balaban J connectivity index is 2.34. The normalized spacial score (nSPS) is 13.3. The first-order chi connectivity index (χ1) is 19.4. The SMILES string of the molecule is CCCCCCCCCCCCCCCCSCC(CNS(=O)(=O)CCCCl)C(CC)OC(=O)c1ccccc1. The van der Waals surface area contributed by atoms with Crippen LogP contribution >= 0.6 is 23.4 Å². The van der Waals surface area contributed by atoms with Crippen molar-refractivity contribution in [1.29, 1.82) is 0 Å². The number of carbonyl (C=O) groups is 1. The van der Waals surface area contributed by atoms with Crippen LogP contribution in [0.5, 0.6) is 0 Å². The van der Waals surface area contributed by atoms with E-state index in [1.54, 1.807) is 12.1 Å². The third-order valence-corrected chi connectivity index (χ3v) is 10.2. The van der Waals surface area contributed by atoms with Crippen LogP contribution in [0.1, 0.15) is 127 Å². The second-order valence-corrected chi connectivity index (χ2v) is 14.3. The molecule has 1 aromatic carbocycles. The van der Waals surface area contributed by atoms with E-state index in [-0.39, 0.29) is 30.3 Å². The molecule has 0 spiro atoms. The molecule has 2 atom stereocenters. The van der Waals surface area contributed by atoms with Gasteiger partial charge >= 0.3 is 5.97 Å². The van der Waals surface area contributed by atoms with Gasteiger partial charge in [-0.1, -0.05) is 116 Å². The number of nitrogens with one attached hydrogen (secondary N) is 1. The van der Waals surface area contributed by atoms with Crippen molar-refractivity contribution in [1.82, 2.24) is 4.72 Å². The Hall–Kier alpha value is -0.760. The summed E-state index contributed by atoms with van der Waals surface area (Å²) in [4.78, 5) is 12.7. The van der Waals surface area contributed by atoms with Crippen molar-refractivity contribution in [3.05, 3.63) is 35.9 Å². The highest BCUT2D eigenvalue weighted by molar-refractivity contribution is 7.99. The van der Waals surface area contributed by atoms with Gasteiger partial charge in [-0.25, -0.2) is 17.9 Å². The van der Waals surface area contributed by atoms with Crippen LogP contribution < -0.4 is 4.72 Å². The number of alkyl halides is 1. The molecule has 0 saturated carbocycles. The van der Waals surface area contributed by atoms with E-state index in [9.17, 15) is 13.2 Å². The maximum Gasteiger partial charge on any atom is 0.338 e. The highest BCUT2D eigenvalue weighted by Gasteiger charge is 2.26. The molecule has 1 rings (SSSR count). The monoisotopic (exact) mass is 617 g/mol. The second kappa shape index (κ2) is 24.8. The predicted octanol–water partition coefficient (Wildman–Crippen LogP) is 9.00. The topological polar surface area (TPSA) is 72.5 Å². The third-order valence-electron chi connectivity index (χ3n) is 7.28. The number of rotatable bonds is 27. The van der Waals surface area contributed by atoms with Crippen molar-refractivity contribution in [3.63, 3.8) is 0 Å². The maximum absolute atomic E-state index is 12.7. The van der Waals surface area contributed by atoms with Crippen LogP contribution in [0.2, 0.25) is 0 Å². The molecule has 0 saturated heterocycles. The van der Waals surface area contributed by atoms with E-state index < -0.39 is 10.0 Å². The number of halogens is 1. The number of carbonyl (C=O) groups excluding carboxylic acids is 1. The maximum atomic E-state index is 12.7. The molecule has 0 aliphatic carbocycles. The quantitative estimate of drug-likeness (QED) is 0.0606. The van der Waals surface area contributed by atoms with Crippen LogP contribution in [-0.4, -0.2) is 50.2 Å². The van der Waals surface area contributed by atoms with E-state index in [1.807, 2.05) is 36.9 Å². The van der Waals surface area contributed by atoms with Crippen molar-refractivity contribution < 1.29 is 17.9 Å². The van der Waals surface area contributed by atoms with Gasteiger partial charge in [0.15, 0.2) is 0 Å². The summed E-state index contributed by atoms with van der Waals surface area (Å²) in [6.45, 7) is 4.51. The lowest BCUT2D eigenvalue weighted by molar-refractivity contribution is 0.0164. The second-order valence-electron chi connectivity index (χ2n) is 10.9. The fraction of sp³-hybridized carbons (Fsp3) is 0.781. The number of benzene rings is 1. The standard InChI is InChI=1S/C32H56ClNO4S2/c1-3-5-6-7-8-9-10-11-12-13-14-15-16-20-25-39-28-30(27-34-40(36,37)26-21-24-33)31(4-2)38-32(35)29-22-18-17-19-23-29/h17-19,22-23,30-31,34H,3-16,20-21,24-28H2,1-2H3. The van der Waals surface area contributed by atoms with E-state index in [2.05, 4.69) is 11.6 Å². The predicted molar refractivity (Wildman–Crippen MR) is 174 cm³/mol. The molecular weight excluding hydrogens is 562 g/mol. The third kappa shape index (κ3) is 19.4. The summed E-state index contributed by atoms with van der Waals surface area (Å²) in [5.74, 6) is 1.65. The molecule has 232 valence electrons. The molecule has 5 nitrogen and oxygen atoms in total. The molecule has 0 fully saturated rings. The number of hydrogen-bond donors (Lipinski definition) is 1. The Labute approximate surface area is 255 Å². The van der Waals surface area contributed by atoms with Crippen LogP contribution in [0.3, 0.4) is 0 Å². The van der Waals surface area contributed by atoms with Crippen molar-refractivity contribution >= 4 is 39.4 Å². The summed E-state index contributed by atoms with van der Waals surface area (Å²) < 4.78 is 33.4. The number of esters is 1. The van der Waals surface area contributed by atoms with Gasteiger partial charge in [-0.05, 0) is 37.1 Å². The first-order valence-electron chi connectivity index (χ1n) is 15.8. The minimum Gasteiger partial charge on any atom is -0.458 e. The smallest absolute Gasteiger partial charge is 0.338 e. The minimum atomic E-state index is -3.41. The molecule has 0 bridgehead atoms. The summed E-state index contributed by atoms with van der Waals surface area (Å²) in [6, 6.07) is 8.96. The zero-order chi connectivity index (χ0) is 29.3. The van der Waals surface area contributed by atoms with E-state index in [4.69, 9.17) is 16.3 Å². The average Bonchev–Trinajstić information content (AvgIpc) is 2.96.